The summed E-state index contributed by atoms with van der Waals surface area (Å²) in [5.74, 6) is -0.0291. The van der Waals surface area contributed by atoms with Gasteiger partial charge < -0.3 is 19.9 Å². The van der Waals surface area contributed by atoms with Crippen LogP contribution >= 0.6 is 0 Å². The van der Waals surface area contributed by atoms with Crippen LogP contribution in [0.15, 0.2) is 48.5 Å². The van der Waals surface area contributed by atoms with Gasteiger partial charge in [-0.05, 0) is 43.3 Å². The maximum atomic E-state index is 12.8. The van der Waals surface area contributed by atoms with Crippen molar-refractivity contribution in [3.8, 4) is 0 Å². The second kappa shape index (κ2) is 7.71. The number of carbonyl (C=O) groups is 1. The molecule has 1 amide bonds. The fraction of sp³-hybridized carbons (Fsp3) is 0.409. The lowest BCUT2D eigenvalue weighted by Crippen LogP contribution is -2.44. The zero-order chi connectivity index (χ0) is 18.8. The van der Waals surface area contributed by atoms with Crippen molar-refractivity contribution in [2.75, 3.05) is 31.6 Å². The van der Waals surface area contributed by atoms with Crippen LogP contribution in [0.3, 0.4) is 0 Å². The van der Waals surface area contributed by atoms with Crippen LogP contribution in [0.2, 0.25) is 0 Å². The number of rotatable bonds is 5. The summed E-state index contributed by atoms with van der Waals surface area (Å²) in [6.07, 6.45) is 0.0558. The second-order valence-corrected chi connectivity index (χ2v) is 7.47. The average Bonchev–Trinajstić information content (AvgIpc) is 3.25. The number of likely N-dealkylation sites (N-methyl/N-ethyl adjacent to an activating group) is 1. The molecule has 2 aromatic rings. The van der Waals surface area contributed by atoms with Crippen LogP contribution in [0.1, 0.15) is 28.4 Å². The molecule has 0 spiro atoms. The summed E-state index contributed by atoms with van der Waals surface area (Å²) in [6, 6.07) is 16.5. The molecule has 1 saturated heterocycles. The van der Waals surface area contributed by atoms with Gasteiger partial charge >= 0.3 is 0 Å². The molecule has 2 heterocycles. The molecular weight excluding hydrogens is 338 g/mol. The van der Waals surface area contributed by atoms with Crippen molar-refractivity contribution in [3.63, 3.8) is 0 Å². The van der Waals surface area contributed by atoms with Crippen LogP contribution < -0.4 is 10.2 Å². The molecule has 142 valence electrons. The molecule has 5 heteroatoms. The highest BCUT2D eigenvalue weighted by molar-refractivity contribution is 5.95. The number of amides is 1. The zero-order valence-electron chi connectivity index (χ0n) is 16.0. The largest absolute Gasteiger partial charge is 0.375 e. The van der Waals surface area contributed by atoms with Crippen LogP contribution in [-0.2, 0) is 17.8 Å². The van der Waals surface area contributed by atoms with E-state index in [1.165, 1.54) is 11.1 Å². The van der Waals surface area contributed by atoms with Crippen LogP contribution in [0.25, 0.3) is 0 Å². The van der Waals surface area contributed by atoms with E-state index in [1.807, 2.05) is 25.1 Å². The van der Waals surface area contributed by atoms with Crippen LogP contribution in [0.5, 0.6) is 0 Å². The van der Waals surface area contributed by atoms with E-state index in [9.17, 15) is 4.79 Å². The molecule has 0 aromatic heterocycles. The molecular formula is C22H27N3O2. The third-order valence-corrected chi connectivity index (χ3v) is 5.46. The molecule has 2 atom stereocenters. The lowest BCUT2D eigenvalue weighted by Gasteiger charge is -2.21. The van der Waals surface area contributed by atoms with Crippen LogP contribution in [0.4, 0.5) is 5.69 Å². The van der Waals surface area contributed by atoms with Crippen LogP contribution in [-0.4, -0.2) is 49.7 Å². The summed E-state index contributed by atoms with van der Waals surface area (Å²) in [7, 11) is 2.06. The number of nitrogens with one attached hydrogen (secondary N) is 1. The number of hydrogen-bond acceptors (Lipinski definition) is 4. The van der Waals surface area contributed by atoms with Crippen molar-refractivity contribution < 1.29 is 9.53 Å². The third kappa shape index (κ3) is 3.84. The van der Waals surface area contributed by atoms with Gasteiger partial charge in [-0.15, -0.1) is 0 Å². The first-order chi connectivity index (χ1) is 13.1. The first-order valence-corrected chi connectivity index (χ1v) is 9.67. The van der Waals surface area contributed by atoms with Crippen molar-refractivity contribution in [1.29, 1.82) is 0 Å². The Bertz CT molecular complexity index is 798. The molecule has 2 aromatic carbocycles. The van der Waals surface area contributed by atoms with Crippen molar-refractivity contribution in [1.82, 2.24) is 10.2 Å². The molecule has 27 heavy (non-hydrogen) atoms. The number of carbonyl (C=O) groups excluding carboxylic acids is 1. The van der Waals surface area contributed by atoms with E-state index in [0.717, 1.165) is 31.9 Å². The Morgan fingerprint density at radius 2 is 1.85 bits per heavy atom. The van der Waals surface area contributed by atoms with Gasteiger partial charge in [-0.3, -0.25) is 4.79 Å². The minimum Gasteiger partial charge on any atom is -0.375 e. The van der Waals surface area contributed by atoms with E-state index in [2.05, 4.69) is 52.5 Å². The quantitative estimate of drug-likeness (QED) is 0.885. The van der Waals surface area contributed by atoms with Gasteiger partial charge in [0, 0.05) is 44.0 Å². The third-order valence-electron chi connectivity index (χ3n) is 5.46. The zero-order valence-corrected chi connectivity index (χ0v) is 16.0. The number of fused-ring (bicyclic) bond motifs is 1. The topological polar surface area (TPSA) is 44.8 Å². The summed E-state index contributed by atoms with van der Waals surface area (Å²) in [5, 5.41) is 3.17. The monoisotopic (exact) mass is 365 g/mol. The number of nitrogens with zero attached hydrogens (tertiary/aromatic N) is 2. The predicted molar refractivity (Wildman–Crippen MR) is 107 cm³/mol. The lowest BCUT2D eigenvalue weighted by molar-refractivity contribution is 0.0513. The van der Waals surface area contributed by atoms with Gasteiger partial charge in [0.2, 0.25) is 0 Å². The standard InChI is InChI=1S/C22H27N3O2/c1-3-27-21-15-24(2)14-20(21)23-22(26)16-9-6-10-19(11-16)25-12-17-7-4-5-8-18(17)13-25/h4-11,20-21H,3,12-15H2,1-2H3,(H,23,26)/t20-,21-/m1/s1. The van der Waals surface area contributed by atoms with E-state index >= 15 is 0 Å². The molecule has 1 N–H and O–H groups in total. The van der Waals surface area contributed by atoms with Crippen molar-refractivity contribution >= 4 is 11.6 Å². The smallest absolute Gasteiger partial charge is 0.251 e. The molecule has 0 saturated carbocycles. The number of likely N-dealkylation sites (tertiary alicyclic amines) is 1. The molecule has 0 aliphatic carbocycles. The second-order valence-electron chi connectivity index (χ2n) is 7.47. The maximum Gasteiger partial charge on any atom is 0.251 e. The minimum atomic E-state index is -0.0291. The van der Waals surface area contributed by atoms with E-state index < -0.39 is 0 Å². The van der Waals surface area contributed by atoms with Crippen LogP contribution in [0, 0.1) is 0 Å². The molecule has 0 bridgehead atoms. The Morgan fingerprint density at radius 3 is 2.56 bits per heavy atom. The molecule has 4 rings (SSSR count). The Balaban J connectivity index is 1.46. The molecule has 0 radical (unpaired) electrons. The highest BCUT2D eigenvalue weighted by Crippen LogP contribution is 2.28. The summed E-state index contributed by atoms with van der Waals surface area (Å²) >= 11 is 0. The number of anilines is 1. The van der Waals surface area contributed by atoms with Gasteiger partial charge in [0.05, 0.1) is 12.1 Å². The minimum absolute atomic E-state index is 0.0291. The van der Waals surface area contributed by atoms with Gasteiger partial charge in [-0.1, -0.05) is 30.3 Å². The lowest BCUT2D eigenvalue weighted by atomic mass is 10.1. The van der Waals surface area contributed by atoms with E-state index in [0.29, 0.717) is 12.2 Å². The summed E-state index contributed by atoms with van der Waals surface area (Å²) in [4.78, 5) is 17.3. The Kier molecular flexibility index (Phi) is 5.14. The molecule has 0 unspecified atom stereocenters. The predicted octanol–water partition coefficient (Wildman–Crippen LogP) is 2.66. The Labute approximate surface area is 160 Å². The van der Waals surface area contributed by atoms with Crippen molar-refractivity contribution in [3.05, 3.63) is 65.2 Å². The molecule has 1 fully saturated rings. The SMILES string of the molecule is CCO[C@@H]1CN(C)C[C@H]1NC(=O)c1cccc(N2Cc3ccccc3C2)c1. The van der Waals surface area contributed by atoms with Gasteiger partial charge in [0.1, 0.15) is 0 Å². The first-order valence-electron chi connectivity index (χ1n) is 9.67. The Hall–Kier alpha value is -2.37. The normalized spacial score (nSPS) is 22.1. The Morgan fingerprint density at radius 1 is 1.11 bits per heavy atom. The summed E-state index contributed by atoms with van der Waals surface area (Å²) < 4.78 is 5.80. The summed E-state index contributed by atoms with van der Waals surface area (Å²) in [6.45, 7) is 6.11. The van der Waals surface area contributed by atoms with Gasteiger partial charge in [0.15, 0.2) is 0 Å². The summed E-state index contributed by atoms with van der Waals surface area (Å²) in [5.41, 5.74) is 4.51. The number of ether oxygens (including phenoxy) is 1. The number of hydrogen-bond donors (Lipinski definition) is 1. The fourth-order valence-corrected chi connectivity index (χ4v) is 4.10. The van der Waals surface area contributed by atoms with E-state index in [4.69, 9.17) is 4.74 Å². The van der Waals surface area contributed by atoms with Gasteiger partial charge in [-0.25, -0.2) is 0 Å². The average molecular weight is 365 g/mol. The van der Waals surface area contributed by atoms with E-state index in [1.54, 1.807) is 0 Å². The first kappa shape index (κ1) is 18.0. The highest BCUT2D eigenvalue weighted by atomic mass is 16.5. The fourth-order valence-electron chi connectivity index (χ4n) is 4.10. The molecule has 2 aliphatic rings. The van der Waals surface area contributed by atoms with Gasteiger partial charge in [-0.2, -0.15) is 0 Å². The van der Waals surface area contributed by atoms with E-state index in [-0.39, 0.29) is 18.1 Å². The van der Waals surface area contributed by atoms with Crippen molar-refractivity contribution in [2.45, 2.75) is 32.2 Å². The molecule has 2 aliphatic heterocycles. The highest BCUT2D eigenvalue weighted by Gasteiger charge is 2.32. The van der Waals surface area contributed by atoms with Gasteiger partial charge in [0.25, 0.3) is 5.91 Å². The number of benzene rings is 2. The van der Waals surface area contributed by atoms with Crippen molar-refractivity contribution in [2.24, 2.45) is 0 Å². The maximum absolute atomic E-state index is 12.8. The molecule has 5 nitrogen and oxygen atoms in total.